The van der Waals surface area contributed by atoms with Gasteiger partial charge in [0, 0.05) is 13.6 Å². The summed E-state index contributed by atoms with van der Waals surface area (Å²) in [6, 6.07) is 7.07. The van der Waals surface area contributed by atoms with E-state index in [0.29, 0.717) is 17.4 Å². The van der Waals surface area contributed by atoms with Crippen molar-refractivity contribution in [2.45, 2.75) is 25.7 Å². The standard InChI is InChI=1S/C12H19NO2S/c1-10(2)9-13(4)16(14,15)12-8-6-5-7-11(12)3/h5-8,10H,9H2,1-4H3. The van der Waals surface area contributed by atoms with E-state index in [0.717, 1.165) is 5.56 Å². The summed E-state index contributed by atoms with van der Waals surface area (Å²) in [5.74, 6) is 0.323. The van der Waals surface area contributed by atoms with Gasteiger partial charge in [-0.05, 0) is 24.5 Å². The van der Waals surface area contributed by atoms with Crippen LogP contribution in [0.25, 0.3) is 0 Å². The average Bonchev–Trinajstić information content (AvgIpc) is 2.16. The third-order valence-corrected chi connectivity index (χ3v) is 4.39. The lowest BCUT2D eigenvalue weighted by atomic mass is 10.2. The number of rotatable bonds is 4. The highest BCUT2D eigenvalue weighted by molar-refractivity contribution is 7.89. The summed E-state index contributed by atoms with van der Waals surface area (Å²) in [5, 5.41) is 0. The van der Waals surface area contributed by atoms with E-state index in [1.807, 2.05) is 32.9 Å². The quantitative estimate of drug-likeness (QED) is 0.811. The molecule has 0 atom stereocenters. The molecular formula is C12H19NO2S. The summed E-state index contributed by atoms with van der Waals surface area (Å²) in [6.07, 6.45) is 0. The van der Waals surface area contributed by atoms with Crippen LogP contribution in [0.1, 0.15) is 19.4 Å². The fourth-order valence-corrected chi connectivity index (χ4v) is 3.18. The molecule has 1 rings (SSSR count). The minimum atomic E-state index is -3.33. The SMILES string of the molecule is Cc1ccccc1S(=O)(=O)N(C)CC(C)C. The normalized spacial score (nSPS) is 12.4. The van der Waals surface area contributed by atoms with Gasteiger partial charge in [0.05, 0.1) is 4.90 Å². The molecule has 90 valence electrons. The molecule has 3 nitrogen and oxygen atoms in total. The number of benzene rings is 1. The lowest BCUT2D eigenvalue weighted by Gasteiger charge is -2.20. The zero-order chi connectivity index (χ0) is 12.3. The zero-order valence-corrected chi connectivity index (χ0v) is 11.1. The number of sulfonamides is 1. The summed E-state index contributed by atoms with van der Waals surface area (Å²) in [6.45, 7) is 6.36. The maximum Gasteiger partial charge on any atom is 0.243 e. The predicted octanol–water partition coefficient (Wildman–Crippen LogP) is 2.27. The van der Waals surface area contributed by atoms with Gasteiger partial charge >= 0.3 is 0 Å². The highest BCUT2D eigenvalue weighted by Gasteiger charge is 2.22. The van der Waals surface area contributed by atoms with E-state index in [1.165, 1.54) is 4.31 Å². The number of aryl methyl sites for hydroxylation is 1. The van der Waals surface area contributed by atoms with Crippen molar-refractivity contribution in [3.63, 3.8) is 0 Å². The maximum absolute atomic E-state index is 12.2. The van der Waals surface area contributed by atoms with Crippen LogP contribution in [0.2, 0.25) is 0 Å². The largest absolute Gasteiger partial charge is 0.243 e. The van der Waals surface area contributed by atoms with Crippen LogP contribution >= 0.6 is 0 Å². The van der Waals surface area contributed by atoms with Crippen LogP contribution in [0, 0.1) is 12.8 Å². The molecule has 0 saturated carbocycles. The van der Waals surface area contributed by atoms with Crippen molar-refractivity contribution in [3.8, 4) is 0 Å². The topological polar surface area (TPSA) is 37.4 Å². The van der Waals surface area contributed by atoms with Crippen molar-refractivity contribution in [3.05, 3.63) is 29.8 Å². The van der Waals surface area contributed by atoms with Crippen LogP contribution in [0.3, 0.4) is 0 Å². The van der Waals surface area contributed by atoms with E-state index in [2.05, 4.69) is 0 Å². The zero-order valence-electron chi connectivity index (χ0n) is 10.3. The summed E-state index contributed by atoms with van der Waals surface area (Å²) < 4.78 is 25.8. The van der Waals surface area contributed by atoms with Gasteiger partial charge in [-0.15, -0.1) is 0 Å². The molecule has 16 heavy (non-hydrogen) atoms. The highest BCUT2D eigenvalue weighted by atomic mass is 32.2. The summed E-state index contributed by atoms with van der Waals surface area (Å²) in [7, 11) is -1.70. The second-order valence-electron chi connectivity index (χ2n) is 4.44. The minimum absolute atomic E-state index is 0.323. The molecule has 0 N–H and O–H groups in total. The van der Waals surface area contributed by atoms with Crippen LogP contribution in [-0.2, 0) is 10.0 Å². The van der Waals surface area contributed by atoms with E-state index in [4.69, 9.17) is 0 Å². The highest BCUT2D eigenvalue weighted by Crippen LogP contribution is 2.18. The van der Waals surface area contributed by atoms with Gasteiger partial charge < -0.3 is 0 Å². The van der Waals surface area contributed by atoms with E-state index in [1.54, 1.807) is 19.2 Å². The fourth-order valence-electron chi connectivity index (χ4n) is 1.63. The molecule has 0 aliphatic heterocycles. The van der Waals surface area contributed by atoms with Crippen molar-refractivity contribution in [1.29, 1.82) is 0 Å². The van der Waals surface area contributed by atoms with E-state index < -0.39 is 10.0 Å². The molecule has 0 aliphatic rings. The second kappa shape index (κ2) is 4.97. The van der Waals surface area contributed by atoms with E-state index >= 15 is 0 Å². The molecule has 0 aliphatic carbocycles. The summed E-state index contributed by atoms with van der Waals surface area (Å²) in [4.78, 5) is 0.401. The smallest absolute Gasteiger partial charge is 0.207 e. The Morgan fingerprint density at radius 2 is 1.81 bits per heavy atom. The predicted molar refractivity (Wildman–Crippen MR) is 65.8 cm³/mol. The van der Waals surface area contributed by atoms with Crippen molar-refractivity contribution >= 4 is 10.0 Å². The van der Waals surface area contributed by atoms with Gasteiger partial charge in [-0.2, -0.15) is 0 Å². The number of nitrogens with zero attached hydrogens (tertiary/aromatic N) is 1. The van der Waals surface area contributed by atoms with E-state index in [9.17, 15) is 8.42 Å². The minimum Gasteiger partial charge on any atom is -0.207 e. The molecular weight excluding hydrogens is 222 g/mol. The molecule has 0 heterocycles. The molecule has 0 radical (unpaired) electrons. The van der Waals surface area contributed by atoms with Gasteiger partial charge in [0.25, 0.3) is 0 Å². The van der Waals surface area contributed by atoms with Crippen LogP contribution in [0.4, 0.5) is 0 Å². The Morgan fingerprint density at radius 3 is 2.31 bits per heavy atom. The van der Waals surface area contributed by atoms with Gasteiger partial charge in [-0.3, -0.25) is 0 Å². The Bertz CT molecular complexity index is 452. The Balaban J connectivity index is 3.08. The third kappa shape index (κ3) is 2.83. The molecule has 0 spiro atoms. The van der Waals surface area contributed by atoms with Gasteiger partial charge in [0.2, 0.25) is 10.0 Å². The molecule has 0 saturated heterocycles. The molecule has 0 fully saturated rings. The Kier molecular flexibility index (Phi) is 4.10. The number of hydrogen-bond acceptors (Lipinski definition) is 2. The monoisotopic (exact) mass is 241 g/mol. The van der Waals surface area contributed by atoms with Crippen molar-refractivity contribution in [2.75, 3.05) is 13.6 Å². The van der Waals surface area contributed by atoms with Crippen LogP contribution in [0.15, 0.2) is 29.2 Å². The first-order valence-corrected chi connectivity index (χ1v) is 6.81. The average molecular weight is 241 g/mol. The van der Waals surface area contributed by atoms with Gasteiger partial charge in [-0.1, -0.05) is 32.0 Å². The first-order chi connectivity index (χ1) is 7.35. The van der Waals surface area contributed by atoms with Gasteiger partial charge in [0.15, 0.2) is 0 Å². The molecule has 0 aromatic heterocycles. The molecule has 0 amide bonds. The third-order valence-electron chi connectivity index (χ3n) is 2.40. The lowest BCUT2D eigenvalue weighted by Crippen LogP contribution is -2.30. The van der Waals surface area contributed by atoms with Crippen molar-refractivity contribution in [2.24, 2.45) is 5.92 Å². The summed E-state index contributed by atoms with van der Waals surface area (Å²) in [5.41, 5.74) is 0.790. The van der Waals surface area contributed by atoms with Gasteiger partial charge in [0.1, 0.15) is 0 Å². The molecule has 1 aromatic rings. The summed E-state index contributed by atoms with van der Waals surface area (Å²) >= 11 is 0. The molecule has 4 heteroatoms. The van der Waals surface area contributed by atoms with Crippen molar-refractivity contribution in [1.82, 2.24) is 4.31 Å². The van der Waals surface area contributed by atoms with E-state index in [-0.39, 0.29) is 0 Å². The Hall–Kier alpha value is -0.870. The molecule has 0 unspecified atom stereocenters. The van der Waals surface area contributed by atoms with Gasteiger partial charge in [-0.25, -0.2) is 12.7 Å². The molecule has 1 aromatic carbocycles. The lowest BCUT2D eigenvalue weighted by molar-refractivity contribution is 0.417. The second-order valence-corrected chi connectivity index (χ2v) is 6.46. The van der Waals surface area contributed by atoms with Crippen molar-refractivity contribution < 1.29 is 8.42 Å². The Labute approximate surface area is 98.1 Å². The fraction of sp³-hybridized carbons (Fsp3) is 0.500. The number of hydrogen-bond donors (Lipinski definition) is 0. The van der Waals surface area contributed by atoms with Crippen LogP contribution in [-0.4, -0.2) is 26.3 Å². The van der Waals surface area contributed by atoms with Crippen LogP contribution in [0.5, 0.6) is 0 Å². The Morgan fingerprint density at radius 1 is 1.25 bits per heavy atom. The first-order valence-electron chi connectivity index (χ1n) is 5.37. The molecule has 0 bridgehead atoms. The maximum atomic E-state index is 12.2. The van der Waals surface area contributed by atoms with Crippen LogP contribution < -0.4 is 0 Å². The first kappa shape index (κ1) is 13.2.